The van der Waals surface area contributed by atoms with Crippen molar-refractivity contribution >= 4 is 29.1 Å². The Morgan fingerprint density at radius 3 is 2.71 bits per heavy atom. The zero-order valence-corrected chi connectivity index (χ0v) is 13.4. The van der Waals surface area contributed by atoms with Crippen LogP contribution in [-0.2, 0) is 20.7 Å². The maximum absolute atomic E-state index is 11.8. The van der Waals surface area contributed by atoms with Crippen LogP contribution in [0.3, 0.4) is 0 Å². The Morgan fingerprint density at radius 2 is 2.05 bits per heavy atom. The number of benzene rings is 1. The summed E-state index contributed by atoms with van der Waals surface area (Å²) in [7, 11) is 1.60. The summed E-state index contributed by atoms with van der Waals surface area (Å²) in [5.41, 5.74) is 6.72. The van der Waals surface area contributed by atoms with Gasteiger partial charge in [0.2, 0.25) is 5.91 Å². The average Bonchev–Trinajstić information content (AvgIpc) is 2.46. The lowest BCUT2D eigenvalue weighted by molar-refractivity contribution is -0.122. The Kier molecular flexibility index (Phi) is 8.64. The number of carbonyl (C=O) groups excluding carboxylic acids is 1. The molecule has 3 N–H and O–H groups in total. The Labute approximate surface area is 134 Å². The number of methoxy groups -OCH3 is 1. The molecule has 0 fully saturated rings. The van der Waals surface area contributed by atoms with Gasteiger partial charge in [-0.2, -0.15) is 0 Å². The molecule has 0 aliphatic carbocycles. The van der Waals surface area contributed by atoms with Crippen LogP contribution in [0.15, 0.2) is 18.2 Å². The lowest BCUT2D eigenvalue weighted by Gasteiger charge is -2.13. The second-order valence-corrected chi connectivity index (χ2v) is 5.27. The first-order chi connectivity index (χ1) is 10.0. The molecule has 1 aromatic rings. The molecule has 1 amide bonds. The van der Waals surface area contributed by atoms with Crippen LogP contribution in [-0.4, -0.2) is 45.4 Å². The summed E-state index contributed by atoms with van der Waals surface area (Å²) >= 11 is 11.8. The quantitative estimate of drug-likeness (QED) is 0.673. The number of ether oxygens (including phenoxy) is 2. The third-order valence-electron chi connectivity index (χ3n) is 2.75. The van der Waals surface area contributed by atoms with E-state index in [2.05, 4.69) is 5.32 Å². The Morgan fingerprint density at radius 1 is 1.29 bits per heavy atom. The van der Waals surface area contributed by atoms with E-state index < -0.39 is 6.04 Å². The van der Waals surface area contributed by atoms with Gasteiger partial charge in [0, 0.05) is 13.7 Å². The molecule has 0 saturated carbocycles. The Bertz CT molecular complexity index is 458. The van der Waals surface area contributed by atoms with Crippen molar-refractivity contribution in [2.45, 2.75) is 12.5 Å². The smallest absolute Gasteiger partial charge is 0.237 e. The molecule has 118 valence electrons. The number of rotatable bonds is 9. The highest BCUT2D eigenvalue weighted by atomic mass is 35.5. The Balaban J connectivity index is 2.29. The van der Waals surface area contributed by atoms with Crippen molar-refractivity contribution in [3.05, 3.63) is 33.8 Å². The summed E-state index contributed by atoms with van der Waals surface area (Å²) in [4.78, 5) is 11.8. The fourth-order valence-electron chi connectivity index (χ4n) is 1.64. The SMILES string of the molecule is COCCOCCNC(=O)C(N)Cc1ccc(Cl)c(Cl)c1. The topological polar surface area (TPSA) is 73.6 Å². The molecular formula is C14H20Cl2N2O3. The fourth-order valence-corrected chi connectivity index (χ4v) is 1.96. The maximum Gasteiger partial charge on any atom is 0.237 e. The number of carbonyl (C=O) groups is 1. The third kappa shape index (κ3) is 7.11. The molecule has 0 saturated heterocycles. The number of hydrogen-bond acceptors (Lipinski definition) is 4. The van der Waals surface area contributed by atoms with Crippen molar-refractivity contribution in [1.82, 2.24) is 5.32 Å². The normalized spacial score (nSPS) is 12.2. The van der Waals surface area contributed by atoms with Crippen molar-refractivity contribution in [2.24, 2.45) is 5.73 Å². The van der Waals surface area contributed by atoms with E-state index in [4.69, 9.17) is 38.4 Å². The van der Waals surface area contributed by atoms with Crippen molar-refractivity contribution < 1.29 is 14.3 Å². The highest BCUT2D eigenvalue weighted by Gasteiger charge is 2.14. The van der Waals surface area contributed by atoms with Crippen LogP contribution in [0.5, 0.6) is 0 Å². The van der Waals surface area contributed by atoms with Crippen LogP contribution >= 0.6 is 23.2 Å². The van der Waals surface area contributed by atoms with Crippen LogP contribution in [0.2, 0.25) is 10.0 Å². The first-order valence-corrected chi connectivity index (χ1v) is 7.34. The molecule has 0 bridgehead atoms. The minimum absolute atomic E-state index is 0.226. The molecule has 5 nitrogen and oxygen atoms in total. The molecule has 1 atom stereocenters. The predicted octanol–water partition coefficient (Wildman–Crippen LogP) is 1.64. The van der Waals surface area contributed by atoms with Gasteiger partial charge in [0.15, 0.2) is 0 Å². The monoisotopic (exact) mass is 334 g/mol. The first-order valence-electron chi connectivity index (χ1n) is 6.58. The maximum atomic E-state index is 11.8. The molecule has 0 spiro atoms. The summed E-state index contributed by atoms with van der Waals surface area (Å²) < 4.78 is 10.1. The molecule has 0 aliphatic heterocycles. The van der Waals surface area contributed by atoms with Gasteiger partial charge in [-0.3, -0.25) is 4.79 Å². The summed E-state index contributed by atoms with van der Waals surface area (Å²) in [6, 6.07) is 4.56. The number of nitrogens with one attached hydrogen (secondary N) is 1. The summed E-state index contributed by atoms with van der Waals surface area (Å²) in [6.45, 7) is 1.87. The van der Waals surface area contributed by atoms with Crippen LogP contribution in [0.1, 0.15) is 5.56 Å². The molecule has 0 aromatic heterocycles. The minimum atomic E-state index is -0.638. The molecule has 21 heavy (non-hydrogen) atoms. The van der Waals surface area contributed by atoms with Gasteiger partial charge >= 0.3 is 0 Å². The van der Waals surface area contributed by atoms with Gasteiger partial charge in [-0.1, -0.05) is 29.3 Å². The molecule has 7 heteroatoms. The Hall–Kier alpha value is -0.850. The number of amides is 1. The van der Waals surface area contributed by atoms with Gasteiger partial charge < -0.3 is 20.5 Å². The highest BCUT2D eigenvalue weighted by molar-refractivity contribution is 6.42. The van der Waals surface area contributed by atoms with E-state index >= 15 is 0 Å². The van der Waals surface area contributed by atoms with Gasteiger partial charge in [-0.05, 0) is 24.1 Å². The first kappa shape index (κ1) is 18.2. The van der Waals surface area contributed by atoms with E-state index in [0.29, 0.717) is 42.8 Å². The van der Waals surface area contributed by atoms with E-state index in [1.807, 2.05) is 0 Å². The van der Waals surface area contributed by atoms with Crippen molar-refractivity contribution in [3.8, 4) is 0 Å². The summed E-state index contributed by atoms with van der Waals surface area (Å²) in [5, 5.41) is 3.65. The summed E-state index contributed by atoms with van der Waals surface area (Å²) in [5.74, 6) is -0.226. The number of halogens is 2. The molecular weight excluding hydrogens is 315 g/mol. The fraction of sp³-hybridized carbons (Fsp3) is 0.500. The van der Waals surface area contributed by atoms with Gasteiger partial charge in [0.25, 0.3) is 0 Å². The lowest BCUT2D eigenvalue weighted by atomic mass is 10.1. The van der Waals surface area contributed by atoms with E-state index in [9.17, 15) is 4.79 Å². The lowest BCUT2D eigenvalue weighted by Crippen LogP contribution is -2.43. The van der Waals surface area contributed by atoms with E-state index in [1.54, 1.807) is 25.3 Å². The van der Waals surface area contributed by atoms with E-state index in [1.165, 1.54) is 0 Å². The highest BCUT2D eigenvalue weighted by Crippen LogP contribution is 2.22. The summed E-state index contributed by atoms with van der Waals surface area (Å²) in [6.07, 6.45) is 0.396. The van der Waals surface area contributed by atoms with Crippen LogP contribution in [0, 0.1) is 0 Å². The van der Waals surface area contributed by atoms with Crippen LogP contribution < -0.4 is 11.1 Å². The van der Waals surface area contributed by atoms with Crippen LogP contribution in [0.4, 0.5) is 0 Å². The van der Waals surface area contributed by atoms with E-state index in [-0.39, 0.29) is 5.91 Å². The van der Waals surface area contributed by atoms with Gasteiger partial charge in [0.05, 0.1) is 35.9 Å². The standard InChI is InChI=1S/C14H20Cl2N2O3/c1-20-6-7-21-5-4-18-14(19)13(17)9-10-2-3-11(15)12(16)8-10/h2-3,8,13H,4-7,9,17H2,1H3,(H,18,19). The van der Waals surface area contributed by atoms with E-state index in [0.717, 1.165) is 5.56 Å². The van der Waals surface area contributed by atoms with Gasteiger partial charge in [0.1, 0.15) is 0 Å². The third-order valence-corrected chi connectivity index (χ3v) is 3.49. The van der Waals surface area contributed by atoms with Crippen molar-refractivity contribution in [3.63, 3.8) is 0 Å². The molecule has 1 aromatic carbocycles. The zero-order valence-electron chi connectivity index (χ0n) is 11.9. The largest absolute Gasteiger partial charge is 0.382 e. The molecule has 1 unspecified atom stereocenters. The number of nitrogens with two attached hydrogens (primary N) is 1. The molecule has 0 radical (unpaired) electrons. The zero-order chi connectivity index (χ0) is 15.7. The molecule has 0 heterocycles. The van der Waals surface area contributed by atoms with Crippen LogP contribution in [0.25, 0.3) is 0 Å². The minimum Gasteiger partial charge on any atom is -0.382 e. The average molecular weight is 335 g/mol. The van der Waals surface area contributed by atoms with Gasteiger partial charge in [-0.25, -0.2) is 0 Å². The second-order valence-electron chi connectivity index (χ2n) is 4.46. The number of hydrogen-bond donors (Lipinski definition) is 2. The van der Waals surface area contributed by atoms with Crippen molar-refractivity contribution in [1.29, 1.82) is 0 Å². The molecule has 1 rings (SSSR count). The van der Waals surface area contributed by atoms with Crippen molar-refractivity contribution in [2.75, 3.05) is 33.5 Å². The predicted molar refractivity (Wildman–Crippen MR) is 83.8 cm³/mol. The van der Waals surface area contributed by atoms with Gasteiger partial charge in [-0.15, -0.1) is 0 Å². The second kappa shape index (κ2) is 9.97. The molecule has 0 aliphatic rings.